The van der Waals surface area contributed by atoms with E-state index in [4.69, 9.17) is 5.10 Å². The third-order valence-corrected chi connectivity index (χ3v) is 5.20. The molecule has 1 amide bonds. The lowest BCUT2D eigenvalue weighted by molar-refractivity contribution is -0.112. The van der Waals surface area contributed by atoms with Crippen LogP contribution in [0.5, 0.6) is 0 Å². The summed E-state index contributed by atoms with van der Waals surface area (Å²) in [5.41, 5.74) is 3.55. The molecule has 0 atom stereocenters. The first-order valence-corrected chi connectivity index (χ1v) is 10.2. The van der Waals surface area contributed by atoms with Crippen LogP contribution in [0.1, 0.15) is 5.56 Å². The fourth-order valence-electron chi connectivity index (χ4n) is 3.00. The van der Waals surface area contributed by atoms with Crippen molar-refractivity contribution in [3.05, 3.63) is 101 Å². The van der Waals surface area contributed by atoms with Crippen molar-refractivity contribution in [3.8, 4) is 23.0 Å². The van der Waals surface area contributed by atoms with Gasteiger partial charge in [-0.2, -0.15) is 10.4 Å². The summed E-state index contributed by atoms with van der Waals surface area (Å²) in [6.45, 7) is 0. The summed E-state index contributed by atoms with van der Waals surface area (Å²) >= 11 is 3.40. The molecule has 0 saturated carbocycles. The molecule has 0 fully saturated rings. The van der Waals surface area contributed by atoms with E-state index < -0.39 is 5.91 Å². The number of nitrogens with one attached hydrogen (secondary N) is 1. The van der Waals surface area contributed by atoms with Gasteiger partial charge in [-0.05, 0) is 58.4 Å². The quantitative estimate of drug-likeness (QED) is 0.319. The summed E-state index contributed by atoms with van der Waals surface area (Å²) in [5, 5.41) is 17.1. The van der Waals surface area contributed by atoms with Gasteiger partial charge in [0.05, 0.1) is 11.4 Å². The van der Waals surface area contributed by atoms with Crippen molar-refractivity contribution < 1.29 is 4.79 Å². The van der Waals surface area contributed by atoms with Crippen molar-refractivity contribution in [2.75, 3.05) is 5.32 Å². The fourth-order valence-corrected chi connectivity index (χ4v) is 3.38. The van der Waals surface area contributed by atoms with Gasteiger partial charge in [0.2, 0.25) is 0 Å². The second-order valence-electron chi connectivity index (χ2n) is 6.55. The first kappa shape index (κ1) is 20.3. The summed E-state index contributed by atoms with van der Waals surface area (Å²) < 4.78 is 2.46. The molecule has 1 N–H and O–H groups in total. The Bertz CT molecular complexity index is 1290. The van der Waals surface area contributed by atoms with Gasteiger partial charge < -0.3 is 5.32 Å². The maximum Gasteiger partial charge on any atom is 0.266 e. The summed E-state index contributed by atoms with van der Waals surface area (Å²) in [5.74, 6) is -0.498. The number of para-hydroxylation sites is 2. The van der Waals surface area contributed by atoms with Gasteiger partial charge in [-0.3, -0.25) is 9.78 Å². The molecule has 0 unspecified atom stereocenters. The largest absolute Gasteiger partial charge is 0.320 e. The highest BCUT2D eigenvalue weighted by molar-refractivity contribution is 9.10. The zero-order chi connectivity index (χ0) is 21.6. The van der Waals surface area contributed by atoms with Crippen LogP contribution in [0.3, 0.4) is 0 Å². The number of carbonyl (C=O) groups excluding carboxylic acids is 1. The molecule has 0 bridgehead atoms. The van der Waals surface area contributed by atoms with E-state index in [-0.39, 0.29) is 5.57 Å². The molecule has 4 rings (SSSR count). The van der Waals surface area contributed by atoms with Crippen LogP contribution in [-0.2, 0) is 4.79 Å². The number of carbonyl (C=O) groups is 1. The SMILES string of the molecule is N#C/C(=C\c1cn(-c2ccccc2)nc1-c1ccncc1)C(=O)Nc1ccccc1Br. The van der Waals surface area contributed by atoms with E-state index in [9.17, 15) is 10.1 Å². The Kier molecular flexibility index (Phi) is 6.01. The monoisotopic (exact) mass is 469 g/mol. The lowest BCUT2D eigenvalue weighted by Crippen LogP contribution is -2.13. The molecule has 0 aliphatic rings. The summed E-state index contributed by atoms with van der Waals surface area (Å²) in [4.78, 5) is 16.8. The average molecular weight is 470 g/mol. The molecular formula is C24H16BrN5O. The average Bonchev–Trinajstić information content (AvgIpc) is 3.24. The third kappa shape index (κ3) is 4.60. The lowest BCUT2D eigenvalue weighted by atomic mass is 10.1. The number of hydrogen-bond acceptors (Lipinski definition) is 4. The molecule has 150 valence electrons. The number of halogens is 1. The molecule has 6 nitrogen and oxygen atoms in total. The van der Waals surface area contributed by atoms with Gasteiger partial charge in [-0.1, -0.05) is 30.3 Å². The molecule has 0 aliphatic heterocycles. The van der Waals surface area contributed by atoms with E-state index in [2.05, 4.69) is 26.2 Å². The smallest absolute Gasteiger partial charge is 0.266 e. The molecule has 4 aromatic rings. The molecule has 0 saturated heterocycles. The standard InChI is InChI=1S/C24H16BrN5O/c25-21-8-4-5-9-22(21)28-24(31)18(15-26)14-19-16-30(20-6-2-1-3-7-20)29-23(19)17-10-12-27-13-11-17/h1-14,16H,(H,28,31)/b18-14+. The second kappa shape index (κ2) is 9.20. The minimum atomic E-state index is -0.498. The van der Waals surface area contributed by atoms with E-state index >= 15 is 0 Å². The Balaban J connectivity index is 1.75. The Morgan fingerprint density at radius 1 is 1.03 bits per heavy atom. The minimum absolute atomic E-state index is 0.0290. The van der Waals surface area contributed by atoms with E-state index in [1.807, 2.05) is 66.7 Å². The number of pyridine rings is 1. The first-order valence-electron chi connectivity index (χ1n) is 9.39. The van der Waals surface area contributed by atoms with Crippen LogP contribution in [0.25, 0.3) is 23.0 Å². The minimum Gasteiger partial charge on any atom is -0.320 e. The van der Waals surface area contributed by atoms with E-state index in [0.29, 0.717) is 16.9 Å². The topological polar surface area (TPSA) is 83.6 Å². The Morgan fingerprint density at radius 2 is 1.74 bits per heavy atom. The van der Waals surface area contributed by atoms with Crippen LogP contribution in [0, 0.1) is 11.3 Å². The van der Waals surface area contributed by atoms with Gasteiger partial charge in [0.15, 0.2) is 0 Å². The maximum atomic E-state index is 12.8. The number of nitriles is 1. The zero-order valence-electron chi connectivity index (χ0n) is 16.2. The molecule has 2 aromatic carbocycles. The van der Waals surface area contributed by atoms with Gasteiger partial charge >= 0.3 is 0 Å². The Labute approximate surface area is 187 Å². The molecule has 2 aromatic heterocycles. The predicted octanol–water partition coefficient (Wildman–Crippen LogP) is 5.24. The van der Waals surface area contributed by atoms with E-state index in [1.165, 1.54) is 0 Å². The highest BCUT2D eigenvalue weighted by Crippen LogP contribution is 2.26. The van der Waals surface area contributed by atoms with Gasteiger partial charge in [0, 0.05) is 34.2 Å². The molecule has 31 heavy (non-hydrogen) atoms. The maximum absolute atomic E-state index is 12.8. The second-order valence-corrected chi connectivity index (χ2v) is 7.41. The first-order chi connectivity index (χ1) is 15.2. The molecule has 0 spiro atoms. The van der Waals surface area contributed by atoms with E-state index in [1.54, 1.807) is 35.4 Å². The van der Waals surface area contributed by atoms with Crippen LogP contribution in [0.2, 0.25) is 0 Å². The van der Waals surface area contributed by atoms with Crippen LogP contribution >= 0.6 is 15.9 Å². The number of rotatable bonds is 5. The van der Waals surface area contributed by atoms with Crippen LogP contribution in [0.4, 0.5) is 5.69 Å². The number of hydrogen-bond donors (Lipinski definition) is 1. The highest BCUT2D eigenvalue weighted by Gasteiger charge is 2.16. The van der Waals surface area contributed by atoms with Crippen molar-refractivity contribution in [2.24, 2.45) is 0 Å². The van der Waals surface area contributed by atoms with Gasteiger partial charge in [0.25, 0.3) is 5.91 Å². The fraction of sp³-hybridized carbons (Fsp3) is 0. The Hall–Kier alpha value is -4.02. The van der Waals surface area contributed by atoms with Gasteiger partial charge in [0.1, 0.15) is 17.3 Å². The number of aromatic nitrogens is 3. The Morgan fingerprint density at radius 3 is 2.45 bits per heavy atom. The summed E-state index contributed by atoms with van der Waals surface area (Å²) in [7, 11) is 0. The number of anilines is 1. The van der Waals surface area contributed by atoms with Crippen LogP contribution < -0.4 is 5.32 Å². The zero-order valence-corrected chi connectivity index (χ0v) is 17.8. The molecular weight excluding hydrogens is 454 g/mol. The number of amides is 1. The highest BCUT2D eigenvalue weighted by atomic mass is 79.9. The van der Waals surface area contributed by atoms with Crippen molar-refractivity contribution in [2.45, 2.75) is 0 Å². The number of nitrogens with zero attached hydrogens (tertiary/aromatic N) is 4. The predicted molar refractivity (Wildman–Crippen MR) is 123 cm³/mol. The molecule has 2 heterocycles. The van der Waals surface area contributed by atoms with E-state index in [0.717, 1.165) is 15.7 Å². The lowest BCUT2D eigenvalue weighted by Gasteiger charge is -2.06. The summed E-state index contributed by atoms with van der Waals surface area (Å²) in [6, 6.07) is 22.5. The van der Waals surface area contributed by atoms with Gasteiger partial charge in [-0.25, -0.2) is 4.68 Å². The van der Waals surface area contributed by atoms with Crippen molar-refractivity contribution in [1.29, 1.82) is 5.26 Å². The van der Waals surface area contributed by atoms with Crippen molar-refractivity contribution in [1.82, 2.24) is 14.8 Å². The van der Waals surface area contributed by atoms with Crippen LogP contribution in [-0.4, -0.2) is 20.7 Å². The van der Waals surface area contributed by atoms with Gasteiger partial charge in [-0.15, -0.1) is 0 Å². The summed E-state index contributed by atoms with van der Waals surface area (Å²) in [6.07, 6.45) is 6.70. The van der Waals surface area contributed by atoms with Crippen LogP contribution in [0.15, 0.2) is 95.4 Å². The molecule has 0 radical (unpaired) electrons. The normalized spacial score (nSPS) is 11.0. The third-order valence-electron chi connectivity index (χ3n) is 4.50. The van der Waals surface area contributed by atoms with Crippen molar-refractivity contribution >= 4 is 33.6 Å². The number of benzene rings is 2. The molecule has 0 aliphatic carbocycles. The molecule has 7 heteroatoms. The van der Waals surface area contributed by atoms with Crippen molar-refractivity contribution in [3.63, 3.8) is 0 Å².